The minimum Gasteiger partial charge on any atom is -0.487 e. The molecule has 0 saturated heterocycles. The topological polar surface area (TPSA) is 12.5 Å². The van der Waals surface area contributed by atoms with Crippen LogP contribution in [0.2, 0.25) is 0 Å². The van der Waals surface area contributed by atoms with Crippen molar-refractivity contribution in [1.29, 1.82) is 0 Å². The van der Waals surface area contributed by atoms with Crippen molar-refractivity contribution in [2.75, 3.05) is 12.0 Å². The van der Waals surface area contributed by atoms with Crippen LogP contribution in [0.15, 0.2) is 96.4 Å². The van der Waals surface area contributed by atoms with E-state index in [0.717, 1.165) is 33.3 Å². The molecule has 0 aliphatic rings. The Morgan fingerprint density at radius 3 is 1.75 bits per heavy atom. The maximum atomic E-state index is 5.25. The number of thiophene rings is 1. The average molecular weight is 384 g/mol. The monoisotopic (exact) mass is 383 g/mol. The summed E-state index contributed by atoms with van der Waals surface area (Å²) in [4.78, 5) is 2.26. The lowest BCUT2D eigenvalue weighted by molar-refractivity contribution is 0.427. The fourth-order valence-corrected chi connectivity index (χ4v) is 3.75. The van der Waals surface area contributed by atoms with Gasteiger partial charge in [-0.3, -0.25) is 0 Å². The first kappa shape index (κ1) is 18.1. The molecule has 4 rings (SSSR count). The Balaban J connectivity index is 1.61. The largest absolute Gasteiger partial charge is 0.487 e. The van der Waals surface area contributed by atoms with E-state index in [2.05, 4.69) is 95.2 Å². The lowest BCUT2D eigenvalue weighted by Gasteiger charge is -2.25. The maximum absolute atomic E-state index is 5.25. The van der Waals surface area contributed by atoms with Gasteiger partial charge >= 0.3 is 0 Å². The van der Waals surface area contributed by atoms with Gasteiger partial charge in [0, 0.05) is 22.4 Å². The highest BCUT2D eigenvalue weighted by atomic mass is 32.1. The molecule has 0 aliphatic heterocycles. The van der Waals surface area contributed by atoms with Crippen LogP contribution in [0.4, 0.5) is 17.1 Å². The van der Waals surface area contributed by atoms with Crippen molar-refractivity contribution >= 4 is 40.6 Å². The molecular formula is C25H21NOS. The Morgan fingerprint density at radius 2 is 1.21 bits per heavy atom. The smallest absolute Gasteiger partial charge is 0.173 e. The summed E-state index contributed by atoms with van der Waals surface area (Å²) in [5.74, 6) is 0. The second kappa shape index (κ2) is 8.59. The van der Waals surface area contributed by atoms with Crippen LogP contribution in [0.5, 0.6) is 5.06 Å². The van der Waals surface area contributed by atoms with Gasteiger partial charge < -0.3 is 9.64 Å². The molecule has 0 aliphatic carbocycles. The zero-order valence-electron chi connectivity index (χ0n) is 15.7. The van der Waals surface area contributed by atoms with Gasteiger partial charge in [0.2, 0.25) is 0 Å². The summed E-state index contributed by atoms with van der Waals surface area (Å²) >= 11 is 1.61. The van der Waals surface area contributed by atoms with Crippen molar-refractivity contribution in [3.63, 3.8) is 0 Å². The molecule has 0 unspecified atom stereocenters. The molecule has 0 saturated carbocycles. The molecule has 4 aromatic rings. The summed E-state index contributed by atoms with van der Waals surface area (Å²) in [6, 6.07) is 31.5. The molecule has 3 heteroatoms. The summed E-state index contributed by atoms with van der Waals surface area (Å²) in [6.07, 6.45) is 4.24. The van der Waals surface area contributed by atoms with Gasteiger partial charge in [0.1, 0.15) is 0 Å². The summed E-state index contributed by atoms with van der Waals surface area (Å²) in [7, 11) is 1.70. The quantitative estimate of drug-likeness (QED) is 0.344. The summed E-state index contributed by atoms with van der Waals surface area (Å²) < 4.78 is 5.25. The van der Waals surface area contributed by atoms with Crippen LogP contribution in [0.25, 0.3) is 12.2 Å². The predicted octanol–water partition coefficient (Wildman–Crippen LogP) is 7.40. The van der Waals surface area contributed by atoms with Gasteiger partial charge in [0.15, 0.2) is 5.06 Å². The van der Waals surface area contributed by atoms with E-state index in [0.29, 0.717) is 0 Å². The van der Waals surface area contributed by atoms with Gasteiger partial charge in [0.25, 0.3) is 0 Å². The average Bonchev–Trinajstić information content (AvgIpc) is 3.23. The van der Waals surface area contributed by atoms with E-state index in [1.54, 1.807) is 18.4 Å². The summed E-state index contributed by atoms with van der Waals surface area (Å²) in [5, 5.41) is 3.02. The molecule has 0 bridgehead atoms. The highest BCUT2D eigenvalue weighted by Crippen LogP contribution is 2.34. The fraction of sp³-hybridized carbons (Fsp3) is 0.0400. The number of hydrogen-bond donors (Lipinski definition) is 0. The van der Waals surface area contributed by atoms with E-state index in [1.807, 2.05) is 18.2 Å². The van der Waals surface area contributed by atoms with Crippen molar-refractivity contribution < 1.29 is 4.74 Å². The zero-order chi connectivity index (χ0) is 19.2. The number of methoxy groups -OCH3 is 1. The Kier molecular flexibility index (Phi) is 5.55. The predicted molar refractivity (Wildman–Crippen MR) is 121 cm³/mol. The molecular weight excluding hydrogens is 362 g/mol. The molecule has 0 fully saturated rings. The first-order chi connectivity index (χ1) is 13.8. The van der Waals surface area contributed by atoms with Crippen molar-refractivity contribution in [1.82, 2.24) is 0 Å². The second-order valence-electron chi connectivity index (χ2n) is 6.33. The minimum atomic E-state index is 0.927. The number of nitrogens with zero attached hydrogens (tertiary/aromatic N) is 1. The van der Waals surface area contributed by atoms with E-state index in [9.17, 15) is 0 Å². The second-order valence-corrected chi connectivity index (χ2v) is 7.21. The maximum Gasteiger partial charge on any atom is 0.173 e. The zero-order valence-corrected chi connectivity index (χ0v) is 16.5. The van der Waals surface area contributed by atoms with Crippen molar-refractivity contribution in [3.8, 4) is 5.06 Å². The lowest BCUT2D eigenvalue weighted by atomic mass is 10.1. The van der Waals surface area contributed by atoms with Crippen molar-refractivity contribution in [2.24, 2.45) is 0 Å². The van der Waals surface area contributed by atoms with Gasteiger partial charge in [-0.1, -0.05) is 60.7 Å². The van der Waals surface area contributed by atoms with Crippen molar-refractivity contribution in [2.45, 2.75) is 0 Å². The van der Waals surface area contributed by atoms with Gasteiger partial charge in [-0.25, -0.2) is 0 Å². The van der Waals surface area contributed by atoms with Crippen LogP contribution in [0.1, 0.15) is 11.1 Å². The highest BCUT2D eigenvalue weighted by Gasteiger charge is 2.11. The molecule has 3 aromatic carbocycles. The van der Waals surface area contributed by atoms with E-state index < -0.39 is 0 Å². The number of ether oxygens (including phenoxy) is 1. The fourth-order valence-electron chi connectivity index (χ4n) is 3.05. The number of rotatable bonds is 6. The van der Waals surface area contributed by atoms with Crippen LogP contribution < -0.4 is 9.64 Å². The molecule has 2 nitrogen and oxygen atoms in total. The van der Waals surface area contributed by atoms with Crippen LogP contribution in [-0.4, -0.2) is 7.11 Å². The first-order valence-electron chi connectivity index (χ1n) is 9.14. The number of hydrogen-bond acceptors (Lipinski definition) is 3. The lowest BCUT2D eigenvalue weighted by Crippen LogP contribution is -2.09. The van der Waals surface area contributed by atoms with E-state index in [-0.39, 0.29) is 0 Å². The van der Waals surface area contributed by atoms with Crippen LogP contribution in [0.3, 0.4) is 0 Å². The van der Waals surface area contributed by atoms with Gasteiger partial charge in [-0.05, 0) is 53.6 Å². The number of anilines is 3. The first-order valence-corrected chi connectivity index (χ1v) is 10.0. The summed E-state index contributed by atoms with van der Waals surface area (Å²) in [5.41, 5.74) is 5.73. The molecule has 0 amide bonds. The molecule has 0 radical (unpaired) electrons. The molecule has 1 heterocycles. The normalized spacial score (nSPS) is 10.9. The Labute approximate surface area is 170 Å². The van der Waals surface area contributed by atoms with Crippen LogP contribution in [-0.2, 0) is 0 Å². The third kappa shape index (κ3) is 4.16. The molecule has 0 atom stereocenters. The Morgan fingerprint density at radius 1 is 0.679 bits per heavy atom. The van der Waals surface area contributed by atoms with Gasteiger partial charge in [-0.2, -0.15) is 0 Å². The number of para-hydroxylation sites is 2. The SMILES string of the molecule is COc1cc(/C=C/c2ccc(N(c3ccccc3)c3ccccc3)cc2)cs1. The third-order valence-corrected chi connectivity index (χ3v) is 5.35. The molecule has 138 valence electrons. The van der Waals surface area contributed by atoms with E-state index in [4.69, 9.17) is 4.74 Å². The molecule has 0 spiro atoms. The third-order valence-electron chi connectivity index (χ3n) is 4.45. The Hall–Kier alpha value is -3.30. The van der Waals surface area contributed by atoms with Crippen LogP contribution in [0, 0.1) is 0 Å². The summed E-state index contributed by atoms with van der Waals surface area (Å²) in [6.45, 7) is 0. The van der Waals surface area contributed by atoms with Gasteiger partial charge in [0.05, 0.1) is 7.11 Å². The molecule has 1 aromatic heterocycles. The number of benzene rings is 3. The standard InChI is InChI=1S/C25H21NOS/c1-27-25-18-21(19-28-25)13-12-20-14-16-24(17-15-20)26(22-8-4-2-5-9-22)23-10-6-3-7-11-23/h2-19H,1H3/b13-12+. The minimum absolute atomic E-state index is 0.927. The van der Waals surface area contributed by atoms with E-state index in [1.165, 1.54) is 0 Å². The molecule has 0 N–H and O–H groups in total. The highest BCUT2D eigenvalue weighted by molar-refractivity contribution is 7.12. The van der Waals surface area contributed by atoms with E-state index >= 15 is 0 Å². The molecule has 28 heavy (non-hydrogen) atoms. The van der Waals surface area contributed by atoms with Crippen LogP contribution >= 0.6 is 11.3 Å². The van der Waals surface area contributed by atoms with Gasteiger partial charge in [-0.15, -0.1) is 11.3 Å². The van der Waals surface area contributed by atoms with Crippen molar-refractivity contribution in [3.05, 3.63) is 108 Å². The Bertz CT molecular complexity index is 997.